The molecule has 0 bridgehead atoms. The van der Waals surface area contributed by atoms with Crippen LogP contribution in [-0.4, -0.2) is 39.4 Å². The summed E-state index contributed by atoms with van der Waals surface area (Å²) in [5.74, 6) is 0.190. The topological polar surface area (TPSA) is 100 Å². The molecule has 3 N–H and O–H groups in total. The molecule has 0 unspecified atom stereocenters. The summed E-state index contributed by atoms with van der Waals surface area (Å²) < 4.78 is 25.6. The van der Waals surface area contributed by atoms with Gasteiger partial charge in [0.05, 0.1) is 4.90 Å². The third kappa shape index (κ3) is 4.24. The van der Waals surface area contributed by atoms with Crippen molar-refractivity contribution in [1.29, 1.82) is 0 Å². The zero-order chi connectivity index (χ0) is 17.9. The molecule has 7 nitrogen and oxygen atoms in total. The number of piperidine rings is 1. The molecule has 9 heteroatoms. The number of nitrogens with one attached hydrogen (secondary N) is 3. The Morgan fingerprint density at radius 3 is 2.56 bits per heavy atom. The predicted octanol–water partition coefficient (Wildman–Crippen LogP) is 1.77. The molecule has 1 fully saturated rings. The number of carbonyl (C=O) groups is 1. The number of thiazole rings is 1. The highest BCUT2D eigenvalue weighted by Crippen LogP contribution is 2.31. The van der Waals surface area contributed by atoms with Crippen LogP contribution in [0.2, 0.25) is 0 Å². The van der Waals surface area contributed by atoms with Gasteiger partial charge in [0.2, 0.25) is 10.0 Å². The van der Waals surface area contributed by atoms with Crippen LogP contribution in [0.5, 0.6) is 0 Å². The molecule has 1 aliphatic rings. The van der Waals surface area contributed by atoms with Gasteiger partial charge in [0.25, 0.3) is 5.91 Å². The molecule has 0 atom stereocenters. The van der Waals surface area contributed by atoms with E-state index < -0.39 is 10.0 Å². The maximum Gasteiger partial charge on any atom is 0.257 e. The zero-order valence-electron chi connectivity index (χ0n) is 13.8. The van der Waals surface area contributed by atoms with Crippen molar-refractivity contribution in [3.05, 3.63) is 40.9 Å². The zero-order valence-corrected chi connectivity index (χ0v) is 15.4. The van der Waals surface area contributed by atoms with Crippen LogP contribution in [0.3, 0.4) is 0 Å². The molecule has 134 valence electrons. The molecule has 0 saturated carbocycles. The Hall–Kier alpha value is -1.81. The number of hydrogen-bond acceptors (Lipinski definition) is 6. The minimum atomic E-state index is -3.51. The van der Waals surface area contributed by atoms with Gasteiger partial charge in [-0.1, -0.05) is 0 Å². The summed E-state index contributed by atoms with van der Waals surface area (Å²) in [4.78, 5) is 17.9. The summed E-state index contributed by atoms with van der Waals surface area (Å²) in [6.07, 6.45) is 3.99. The van der Waals surface area contributed by atoms with Crippen LogP contribution in [0.1, 0.15) is 34.0 Å². The van der Waals surface area contributed by atoms with Crippen LogP contribution in [0.25, 0.3) is 0 Å². The first-order valence-corrected chi connectivity index (χ1v) is 10.3. The minimum absolute atomic E-state index is 0.119. The van der Waals surface area contributed by atoms with E-state index in [1.54, 1.807) is 0 Å². The molecule has 1 saturated heterocycles. The molecule has 0 spiro atoms. The van der Waals surface area contributed by atoms with Gasteiger partial charge >= 0.3 is 0 Å². The molecule has 2 aromatic rings. The molecule has 25 heavy (non-hydrogen) atoms. The Kier molecular flexibility index (Phi) is 5.48. The number of sulfonamides is 1. The van der Waals surface area contributed by atoms with Crippen molar-refractivity contribution in [2.24, 2.45) is 0 Å². The van der Waals surface area contributed by atoms with E-state index in [9.17, 15) is 13.2 Å². The smallest absolute Gasteiger partial charge is 0.257 e. The third-order valence-electron chi connectivity index (χ3n) is 4.18. The monoisotopic (exact) mass is 380 g/mol. The average molecular weight is 380 g/mol. The Balaban J connectivity index is 1.67. The maximum absolute atomic E-state index is 12.3. The summed E-state index contributed by atoms with van der Waals surface area (Å²) in [6, 6.07) is 5.79. The van der Waals surface area contributed by atoms with Crippen molar-refractivity contribution in [2.75, 3.05) is 25.5 Å². The number of carbonyl (C=O) groups excluding carboxylic acids is 1. The van der Waals surface area contributed by atoms with Crippen molar-refractivity contribution in [3.63, 3.8) is 0 Å². The Morgan fingerprint density at radius 2 is 1.92 bits per heavy atom. The standard InChI is InChI=1S/C16H20N4O3S2/c1-17-25(22,23)13-4-2-12(3-5-13)15(21)20-16-19-10-14(24-16)11-6-8-18-9-7-11/h2-5,10-11,17-18H,6-9H2,1H3,(H,19,20,21). The van der Waals surface area contributed by atoms with Crippen LogP contribution < -0.4 is 15.4 Å². The van der Waals surface area contributed by atoms with Crippen LogP contribution in [0, 0.1) is 0 Å². The number of rotatable bonds is 5. The quantitative estimate of drug-likeness (QED) is 0.734. The fourth-order valence-electron chi connectivity index (χ4n) is 2.71. The summed E-state index contributed by atoms with van der Waals surface area (Å²) in [5, 5.41) is 6.67. The largest absolute Gasteiger partial charge is 0.317 e. The van der Waals surface area contributed by atoms with E-state index in [-0.39, 0.29) is 10.8 Å². The molecule has 1 aliphatic heterocycles. The molecular weight excluding hydrogens is 360 g/mol. The van der Waals surface area contributed by atoms with Crippen molar-refractivity contribution in [2.45, 2.75) is 23.7 Å². The fourth-order valence-corrected chi connectivity index (χ4v) is 4.42. The molecule has 0 aliphatic carbocycles. The maximum atomic E-state index is 12.3. The molecule has 1 amide bonds. The SMILES string of the molecule is CNS(=O)(=O)c1ccc(C(=O)Nc2ncc(C3CCNCC3)s2)cc1. The fraction of sp³-hybridized carbons (Fsp3) is 0.375. The van der Waals surface area contributed by atoms with E-state index in [0.717, 1.165) is 25.9 Å². The van der Waals surface area contributed by atoms with Crippen molar-refractivity contribution < 1.29 is 13.2 Å². The highest BCUT2D eigenvalue weighted by atomic mass is 32.2. The lowest BCUT2D eigenvalue weighted by Gasteiger charge is -2.20. The second-order valence-electron chi connectivity index (χ2n) is 5.78. The van der Waals surface area contributed by atoms with Gasteiger partial charge in [-0.3, -0.25) is 10.1 Å². The minimum Gasteiger partial charge on any atom is -0.317 e. The molecule has 1 aromatic heterocycles. The number of anilines is 1. The lowest BCUT2D eigenvalue weighted by Crippen LogP contribution is -2.26. The van der Waals surface area contributed by atoms with Gasteiger partial charge in [0, 0.05) is 16.6 Å². The van der Waals surface area contributed by atoms with Gasteiger partial charge in [0.15, 0.2) is 5.13 Å². The van der Waals surface area contributed by atoms with Gasteiger partial charge in [-0.2, -0.15) is 0 Å². The van der Waals surface area contributed by atoms with Crippen LogP contribution in [-0.2, 0) is 10.0 Å². The van der Waals surface area contributed by atoms with Gasteiger partial charge in [-0.05, 0) is 63.2 Å². The van der Waals surface area contributed by atoms with Crippen LogP contribution in [0.15, 0.2) is 35.4 Å². The Morgan fingerprint density at radius 1 is 1.24 bits per heavy atom. The predicted molar refractivity (Wildman–Crippen MR) is 97.6 cm³/mol. The summed E-state index contributed by atoms with van der Waals surface area (Å²) in [5.41, 5.74) is 0.383. The normalized spacial score (nSPS) is 15.9. The van der Waals surface area contributed by atoms with Gasteiger partial charge in [-0.25, -0.2) is 18.1 Å². The Bertz CT molecular complexity index is 841. The first kappa shape index (κ1) is 18.0. The second-order valence-corrected chi connectivity index (χ2v) is 8.73. The first-order valence-electron chi connectivity index (χ1n) is 8.01. The van der Waals surface area contributed by atoms with Crippen LogP contribution >= 0.6 is 11.3 Å². The third-order valence-corrected chi connectivity index (χ3v) is 6.69. The number of aromatic nitrogens is 1. The highest BCUT2D eigenvalue weighted by molar-refractivity contribution is 7.89. The lowest BCUT2D eigenvalue weighted by molar-refractivity contribution is 0.102. The lowest BCUT2D eigenvalue weighted by atomic mass is 9.97. The summed E-state index contributed by atoms with van der Waals surface area (Å²) >= 11 is 1.50. The van der Waals surface area contributed by atoms with Gasteiger partial charge in [0.1, 0.15) is 0 Å². The molecule has 1 aromatic carbocycles. The van der Waals surface area contributed by atoms with E-state index >= 15 is 0 Å². The molecule has 0 radical (unpaired) electrons. The summed E-state index contributed by atoms with van der Waals surface area (Å²) in [6.45, 7) is 2.01. The average Bonchev–Trinajstić information content (AvgIpc) is 3.11. The number of hydrogen-bond donors (Lipinski definition) is 3. The molecule has 3 rings (SSSR count). The Labute approximate surface area is 150 Å². The number of nitrogens with zero attached hydrogens (tertiary/aromatic N) is 1. The number of benzene rings is 1. The highest BCUT2D eigenvalue weighted by Gasteiger charge is 2.19. The second kappa shape index (κ2) is 7.61. The van der Waals surface area contributed by atoms with Crippen molar-refractivity contribution in [1.82, 2.24) is 15.0 Å². The first-order chi connectivity index (χ1) is 12.0. The van der Waals surface area contributed by atoms with E-state index in [2.05, 4.69) is 20.3 Å². The van der Waals surface area contributed by atoms with Gasteiger partial charge in [-0.15, -0.1) is 11.3 Å². The molecular formula is C16H20N4O3S2. The van der Waals surface area contributed by atoms with E-state index in [0.29, 0.717) is 16.6 Å². The van der Waals surface area contributed by atoms with Crippen molar-refractivity contribution >= 4 is 32.4 Å². The van der Waals surface area contributed by atoms with Crippen LogP contribution in [0.4, 0.5) is 5.13 Å². The summed E-state index contributed by atoms with van der Waals surface area (Å²) in [7, 11) is -2.16. The number of amides is 1. The van der Waals surface area contributed by atoms with E-state index in [4.69, 9.17) is 0 Å². The van der Waals surface area contributed by atoms with Crippen molar-refractivity contribution in [3.8, 4) is 0 Å². The van der Waals surface area contributed by atoms with Gasteiger partial charge < -0.3 is 5.32 Å². The van der Waals surface area contributed by atoms with E-state index in [1.165, 1.54) is 47.5 Å². The molecule has 2 heterocycles. The van der Waals surface area contributed by atoms with E-state index in [1.807, 2.05) is 6.20 Å².